The van der Waals surface area contributed by atoms with Crippen LogP contribution >= 0.6 is 0 Å². The Morgan fingerprint density at radius 2 is 1.93 bits per heavy atom. The molecule has 1 amide bonds. The molecule has 84 valence electrons. The minimum Gasteiger partial charge on any atom is -0.354 e. The molecule has 0 unspecified atom stereocenters. The maximum atomic E-state index is 11.2. The summed E-state index contributed by atoms with van der Waals surface area (Å²) in [5.74, 6) is 0.746. The number of amides is 1. The topological polar surface area (TPSA) is 41.1 Å². The molecule has 0 aromatic rings. The van der Waals surface area contributed by atoms with Crippen LogP contribution in [0.1, 0.15) is 34.1 Å². The van der Waals surface area contributed by atoms with Crippen molar-refractivity contribution in [1.29, 1.82) is 0 Å². The summed E-state index contributed by atoms with van der Waals surface area (Å²) < 4.78 is 0. The fraction of sp³-hybridized carbons (Fsp3) is 0.909. The quantitative estimate of drug-likeness (QED) is 0.680. The lowest BCUT2D eigenvalue weighted by atomic mass is 9.84. The normalized spacial score (nSPS) is 11.9. The van der Waals surface area contributed by atoms with Crippen molar-refractivity contribution in [2.45, 2.75) is 34.1 Å². The molecule has 0 aliphatic rings. The van der Waals surface area contributed by atoms with Gasteiger partial charge in [-0.25, -0.2) is 0 Å². The van der Waals surface area contributed by atoms with Crippen LogP contribution in [0.15, 0.2) is 0 Å². The molecule has 0 atom stereocenters. The number of hydrogen-bond acceptors (Lipinski definition) is 2. The fourth-order valence-corrected chi connectivity index (χ4v) is 1.74. The molecular formula is C11H24N2O. The molecule has 0 spiro atoms. The number of rotatable bonds is 6. The van der Waals surface area contributed by atoms with Crippen LogP contribution < -0.4 is 10.6 Å². The zero-order valence-corrected chi connectivity index (χ0v) is 10.1. The van der Waals surface area contributed by atoms with E-state index < -0.39 is 0 Å². The Hall–Kier alpha value is -0.570. The number of nitrogens with one attached hydrogen (secondary N) is 2. The first kappa shape index (κ1) is 13.4. The number of carbonyl (C=O) groups is 1. The second kappa shape index (κ2) is 6.02. The molecule has 0 radical (unpaired) electrons. The predicted octanol–water partition coefficient (Wildman–Crippen LogP) is 1.39. The third-order valence-electron chi connectivity index (χ3n) is 2.06. The molecule has 0 aromatic carbocycles. The number of hydrogen-bond donors (Lipinski definition) is 2. The van der Waals surface area contributed by atoms with Gasteiger partial charge in [-0.1, -0.05) is 27.7 Å². The average molecular weight is 200 g/mol. The molecule has 14 heavy (non-hydrogen) atoms. The lowest BCUT2D eigenvalue weighted by molar-refractivity contribution is -0.120. The molecule has 0 saturated carbocycles. The van der Waals surface area contributed by atoms with E-state index in [0.717, 1.165) is 13.0 Å². The van der Waals surface area contributed by atoms with Gasteiger partial charge in [0.2, 0.25) is 5.91 Å². The summed E-state index contributed by atoms with van der Waals surface area (Å²) in [7, 11) is 1.78. The first-order chi connectivity index (χ1) is 6.37. The van der Waals surface area contributed by atoms with Crippen LogP contribution in [0.2, 0.25) is 0 Å². The second-order valence-electron chi connectivity index (χ2n) is 5.07. The molecular weight excluding hydrogens is 176 g/mol. The zero-order chi connectivity index (χ0) is 11.2. The van der Waals surface area contributed by atoms with Crippen LogP contribution in [0.4, 0.5) is 0 Å². The van der Waals surface area contributed by atoms with Gasteiger partial charge >= 0.3 is 0 Å². The molecule has 0 aliphatic carbocycles. The van der Waals surface area contributed by atoms with Gasteiger partial charge in [0.15, 0.2) is 0 Å². The minimum atomic E-state index is 0.0735. The van der Waals surface area contributed by atoms with Gasteiger partial charge in [0.25, 0.3) is 0 Å². The Kier molecular flexibility index (Phi) is 5.77. The fourth-order valence-electron chi connectivity index (χ4n) is 1.74. The van der Waals surface area contributed by atoms with Crippen LogP contribution in [-0.2, 0) is 4.79 Å². The van der Waals surface area contributed by atoms with Crippen LogP contribution in [-0.4, -0.2) is 26.0 Å². The van der Waals surface area contributed by atoms with Crippen LogP contribution in [0.3, 0.4) is 0 Å². The summed E-state index contributed by atoms with van der Waals surface area (Å²) in [6.45, 7) is 9.94. The van der Waals surface area contributed by atoms with Crippen molar-refractivity contribution in [2.24, 2.45) is 11.3 Å². The molecule has 0 aliphatic heterocycles. The molecule has 3 nitrogen and oxygen atoms in total. The van der Waals surface area contributed by atoms with Crippen molar-refractivity contribution < 1.29 is 4.79 Å². The molecule has 0 saturated heterocycles. The Labute approximate surface area is 87.6 Å². The van der Waals surface area contributed by atoms with E-state index in [0.29, 0.717) is 12.5 Å². The lowest BCUT2D eigenvalue weighted by Crippen LogP contribution is -2.38. The Morgan fingerprint density at radius 3 is 2.36 bits per heavy atom. The summed E-state index contributed by atoms with van der Waals surface area (Å²) in [5.41, 5.74) is 0.192. The van der Waals surface area contributed by atoms with Crippen molar-refractivity contribution in [3.8, 4) is 0 Å². The minimum absolute atomic E-state index is 0.0735. The summed E-state index contributed by atoms with van der Waals surface area (Å²) >= 11 is 0. The highest BCUT2D eigenvalue weighted by Crippen LogP contribution is 2.23. The van der Waals surface area contributed by atoms with Crippen LogP contribution in [0, 0.1) is 11.3 Å². The molecule has 3 heteroatoms. The van der Waals surface area contributed by atoms with Gasteiger partial charge in [0.05, 0.1) is 6.54 Å². The van der Waals surface area contributed by atoms with Gasteiger partial charge in [-0.3, -0.25) is 4.79 Å². The van der Waals surface area contributed by atoms with E-state index in [2.05, 4.69) is 38.3 Å². The van der Waals surface area contributed by atoms with Crippen molar-refractivity contribution in [2.75, 3.05) is 20.1 Å². The molecule has 2 N–H and O–H groups in total. The van der Waals surface area contributed by atoms with Crippen molar-refractivity contribution in [3.63, 3.8) is 0 Å². The van der Waals surface area contributed by atoms with E-state index in [9.17, 15) is 4.79 Å². The maximum Gasteiger partial charge on any atom is 0.233 e. The molecule has 0 aromatic heterocycles. The van der Waals surface area contributed by atoms with E-state index in [1.165, 1.54) is 0 Å². The van der Waals surface area contributed by atoms with Gasteiger partial charge in [-0.15, -0.1) is 0 Å². The van der Waals surface area contributed by atoms with Crippen molar-refractivity contribution >= 4 is 5.91 Å². The molecule has 0 bridgehead atoms. The van der Waals surface area contributed by atoms with E-state index >= 15 is 0 Å². The van der Waals surface area contributed by atoms with Crippen LogP contribution in [0.25, 0.3) is 0 Å². The lowest BCUT2D eigenvalue weighted by Gasteiger charge is -2.26. The van der Waals surface area contributed by atoms with Crippen molar-refractivity contribution in [3.05, 3.63) is 0 Å². The highest BCUT2D eigenvalue weighted by atomic mass is 16.1. The van der Waals surface area contributed by atoms with E-state index in [4.69, 9.17) is 0 Å². The Morgan fingerprint density at radius 1 is 1.36 bits per heavy atom. The molecule has 0 heterocycles. The first-order valence-electron chi connectivity index (χ1n) is 5.28. The van der Waals surface area contributed by atoms with Gasteiger partial charge in [0.1, 0.15) is 0 Å². The SMILES string of the molecule is CNCC(=O)NCC(C)(C)CC(C)C. The third-order valence-corrected chi connectivity index (χ3v) is 2.06. The van der Waals surface area contributed by atoms with Crippen LogP contribution in [0.5, 0.6) is 0 Å². The van der Waals surface area contributed by atoms with Gasteiger partial charge < -0.3 is 10.6 Å². The van der Waals surface area contributed by atoms with E-state index in [1.54, 1.807) is 7.05 Å². The second-order valence-corrected chi connectivity index (χ2v) is 5.07. The highest BCUT2D eigenvalue weighted by Gasteiger charge is 2.19. The largest absolute Gasteiger partial charge is 0.354 e. The Bertz CT molecular complexity index is 176. The van der Waals surface area contributed by atoms with E-state index in [-0.39, 0.29) is 11.3 Å². The third kappa shape index (κ3) is 6.89. The summed E-state index contributed by atoms with van der Waals surface area (Å²) in [5, 5.41) is 5.76. The average Bonchev–Trinajstić information content (AvgIpc) is 1.99. The monoisotopic (exact) mass is 200 g/mol. The standard InChI is InChI=1S/C11H24N2O/c1-9(2)6-11(3,4)8-13-10(14)7-12-5/h9,12H,6-8H2,1-5H3,(H,13,14). The summed E-state index contributed by atoms with van der Waals surface area (Å²) in [4.78, 5) is 11.2. The predicted molar refractivity (Wildman–Crippen MR) is 60.2 cm³/mol. The molecule has 0 fully saturated rings. The summed E-state index contributed by atoms with van der Waals surface area (Å²) in [6.07, 6.45) is 1.13. The van der Waals surface area contributed by atoms with Crippen molar-refractivity contribution in [1.82, 2.24) is 10.6 Å². The number of carbonyl (C=O) groups excluding carboxylic acids is 1. The zero-order valence-electron chi connectivity index (χ0n) is 10.1. The van der Waals surface area contributed by atoms with Gasteiger partial charge in [-0.2, -0.15) is 0 Å². The first-order valence-corrected chi connectivity index (χ1v) is 5.28. The van der Waals surface area contributed by atoms with Gasteiger partial charge in [-0.05, 0) is 24.8 Å². The maximum absolute atomic E-state index is 11.2. The van der Waals surface area contributed by atoms with E-state index in [1.807, 2.05) is 0 Å². The molecule has 0 rings (SSSR count). The summed E-state index contributed by atoms with van der Waals surface area (Å²) in [6, 6.07) is 0. The number of likely N-dealkylation sites (N-methyl/N-ethyl adjacent to an activating group) is 1. The smallest absolute Gasteiger partial charge is 0.233 e. The highest BCUT2D eigenvalue weighted by molar-refractivity contribution is 5.77. The van der Waals surface area contributed by atoms with Gasteiger partial charge in [0, 0.05) is 6.54 Å². The Balaban J connectivity index is 3.80.